The molecule has 0 saturated heterocycles. The van der Waals surface area contributed by atoms with Crippen LogP contribution in [0.4, 0.5) is 15.8 Å². The van der Waals surface area contributed by atoms with E-state index in [-0.39, 0.29) is 16.9 Å². The number of nitrogen functional groups attached to an aromatic ring is 1. The molecule has 0 amide bonds. The molecular formula is C13H14FN3O2S. The number of esters is 1. The number of ether oxygens (including phenoxy) is 1. The van der Waals surface area contributed by atoms with Gasteiger partial charge in [-0.3, -0.25) is 0 Å². The fourth-order valence-corrected chi connectivity index (χ4v) is 2.31. The zero-order valence-electron chi connectivity index (χ0n) is 10.9. The molecule has 2 rings (SSSR count). The molecule has 0 fully saturated rings. The molecule has 7 heteroatoms. The minimum atomic E-state index is -0.592. The molecule has 0 unspecified atom stereocenters. The predicted octanol–water partition coefficient (Wildman–Crippen LogP) is 2.31. The Hall–Kier alpha value is -2.15. The van der Waals surface area contributed by atoms with Gasteiger partial charge in [-0.1, -0.05) is 0 Å². The van der Waals surface area contributed by atoms with Crippen LogP contribution in [0.5, 0.6) is 0 Å². The van der Waals surface area contributed by atoms with Gasteiger partial charge in [-0.15, -0.1) is 11.3 Å². The smallest absolute Gasteiger partial charge is 0.340 e. The summed E-state index contributed by atoms with van der Waals surface area (Å²) in [6.45, 7) is 0.509. The van der Waals surface area contributed by atoms with E-state index in [4.69, 9.17) is 5.73 Å². The first-order chi connectivity index (χ1) is 9.61. The first-order valence-corrected chi connectivity index (χ1v) is 6.79. The standard InChI is InChI=1S/C13H14FN3O2S/c1-19-13(18)8-6-11(9(14)7-10(8)15)16-3-2-12-17-4-5-20-12/h4-7,16H,2-3,15H2,1H3. The number of hydrogen-bond donors (Lipinski definition) is 2. The first kappa shape index (κ1) is 14.3. The van der Waals surface area contributed by atoms with Gasteiger partial charge in [0, 0.05) is 30.2 Å². The van der Waals surface area contributed by atoms with Gasteiger partial charge in [0.05, 0.1) is 23.4 Å². The maximum Gasteiger partial charge on any atom is 0.340 e. The summed E-state index contributed by atoms with van der Waals surface area (Å²) in [7, 11) is 1.25. The van der Waals surface area contributed by atoms with E-state index in [9.17, 15) is 9.18 Å². The lowest BCUT2D eigenvalue weighted by Crippen LogP contribution is -2.10. The Bertz CT molecular complexity index is 602. The Morgan fingerprint density at radius 3 is 3.00 bits per heavy atom. The van der Waals surface area contributed by atoms with E-state index in [0.717, 1.165) is 11.1 Å². The quantitative estimate of drug-likeness (QED) is 0.654. The molecule has 0 atom stereocenters. The Morgan fingerprint density at radius 2 is 2.35 bits per heavy atom. The second-order valence-electron chi connectivity index (χ2n) is 4.01. The van der Waals surface area contributed by atoms with Crippen LogP contribution in [-0.2, 0) is 11.2 Å². The highest BCUT2D eigenvalue weighted by Crippen LogP contribution is 2.23. The molecule has 20 heavy (non-hydrogen) atoms. The van der Waals surface area contributed by atoms with Gasteiger partial charge in [-0.25, -0.2) is 14.2 Å². The van der Waals surface area contributed by atoms with Crippen molar-refractivity contribution in [3.05, 3.63) is 40.1 Å². The van der Waals surface area contributed by atoms with Crippen LogP contribution in [0.2, 0.25) is 0 Å². The number of nitrogens with two attached hydrogens (primary N) is 1. The molecule has 0 bridgehead atoms. The highest BCUT2D eigenvalue weighted by molar-refractivity contribution is 7.09. The third kappa shape index (κ3) is 3.24. The normalized spacial score (nSPS) is 10.3. The lowest BCUT2D eigenvalue weighted by Gasteiger charge is -2.10. The number of nitrogens with zero attached hydrogens (tertiary/aromatic N) is 1. The van der Waals surface area contributed by atoms with E-state index in [1.807, 2.05) is 5.38 Å². The van der Waals surface area contributed by atoms with Gasteiger partial charge in [-0.05, 0) is 12.1 Å². The maximum atomic E-state index is 13.8. The number of methoxy groups -OCH3 is 1. The van der Waals surface area contributed by atoms with Crippen molar-refractivity contribution in [3.8, 4) is 0 Å². The van der Waals surface area contributed by atoms with Crippen LogP contribution in [0.15, 0.2) is 23.7 Å². The molecule has 0 spiro atoms. The van der Waals surface area contributed by atoms with Crippen LogP contribution in [0, 0.1) is 5.82 Å². The number of thiazole rings is 1. The summed E-state index contributed by atoms with van der Waals surface area (Å²) in [4.78, 5) is 15.6. The number of nitrogens with one attached hydrogen (secondary N) is 1. The van der Waals surface area contributed by atoms with Crippen molar-refractivity contribution >= 4 is 28.7 Å². The summed E-state index contributed by atoms with van der Waals surface area (Å²) >= 11 is 1.54. The number of aromatic nitrogens is 1. The molecule has 0 radical (unpaired) electrons. The van der Waals surface area contributed by atoms with E-state index < -0.39 is 11.8 Å². The Kier molecular flexibility index (Phi) is 4.52. The summed E-state index contributed by atoms with van der Waals surface area (Å²) in [5, 5.41) is 5.77. The summed E-state index contributed by atoms with van der Waals surface area (Å²) in [5.41, 5.74) is 6.01. The minimum absolute atomic E-state index is 0.0554. The average Bonchev–Trinajstić information content (AvgIpc) is 2.93. The van der Waals surface area contributed by atoms with Gasteiger partial charge < -0.3 is 15.8 Å². The van der Waals surface area contributed by atoms with Crippen LogP contribution in [0.25, 0.3) is 0 Å². The van der Waals surface area contributed by atoms with Gasteiger partial charge in [-0.2, -0.15) is 0 Å². The zero-order chi connectivity index (χ0) is 14.5. The van der Waals surface area contributed by atoms with Crippen molar-refractivity contribution in [2.75, 3.05) is 24.7 Å². The lowest BCUT2D eigenvalue weighted by atomic mass is 10.1. The number of carbonyl (C=O) groups excluding carboxylic acids is 1. The Balaban J connectivity index is 2.08. The summed E-state index contributed by atoms with van der Waals surface area (Å²) in [5.74, 6) is -1.10. The fraction of sp³-hybridized carbons (Fsp3) is 0.231. The van der Waals surface area contributed by atoms with Gasteiger partial charge in [0.2, 0.25) is 0 Å². The number of hydrogen-bond acceptors (Lipinski definition) is 6. The molecule has 0 aliphatic heterocycles. The van der Waals surface area contributed by atoms with E-state index in [1.165, 1.54) is 24.5 Å². The highest BCUT2D eigenvalue weighted by Gasteiger charge is 2.14. The highest BCUT2D eigenvalue weighted by atomic mass is 32.1. The number of carbonyl (C=O) groups is 1. The molecule has 2 aromatic rings. The molecule has 0 aliphatic rings. The molecule has 5 nitrogen and oxygen atoms in total. The Morgan fingerprint density at radius 1 is 1.55 bits per heavy atom. The summed E-state index contributed by atoms with van der Waals surface area (Å²) < 4.78 is 18.4. The lowest BCUT2D eigenvalue weighted by molar-refractivity contribution is 0.0602. The maximum absolute atomic E-state index is 13.8. The Labute approximate surface area is 119 Å². The zero-order valence-corrected chi connectivity index (χ0v) is 11.7. The van der Waals surface area contributed by atoms with Crippen molar-refractivity contribution in [2.45, 2.75) is 6.42 Å². The molecule has 1 aromatic heterocycles. The molecule has 1 aromatic carbocycles. The average molecular weight is 295 g/mol. The number of halogens is 1. The van der Waals surface area contributed by atoms with E-state index in [1.54, 1.807) is 6.20 Å². The third-order valence-corrected chi connectivity index (χ3v) is 3.52. The second-order valence-corrected chi connectivity index (χ2v) is 4.99. The molecule has 3 N–H and O–H groups in total. The van der Waals surface area contributed by atoms with Gasteiger partial charge in [0.15, 0.2) is 0 Å². The molecular weight excluding hydrogens is 281 g/mol. The third-order valence-electron chi connectivity index (χ3n) is 2.68. The minimum Gasteiger partial charge on any atom is -0.465 e. The summed E-state index contributed by atoms with van der Waals surface area (Å²) in [6.07, 6.45) is 2.40. The van der Waals surface area contributed by atoms with Crippen LogP contribution in [0.3, 0.4) is 0 Å². The van der Waals surface area contributed by atoms with Crippen molar-refractivity contribution in [1.29, 1.82) is 0 Å². The predicted molar refractivity (Wildman–Crippen MR) is 76.5 cm³/mol. The summed E-state index contributed by atoms with van der Waals surface area (Å²) in [6, 6.07) is 2.47. The van der Waals surface area contributed by atoms with Crippen LogP contribution < -0.4 is 11.1 Å². The van der Waals surface area contributed by atoms with E-state index in [2.05, 4.69) is 15.0 Å². The van der Waals surface area contributed by atoms with Crippen molar-refractivity contribution < 1.29 is 13.9 Å². The molecule has 0 saturated carbocycles. The first-order valence-electron chi connectivity index (χ1n) is 5.91. The van der Waals surface area contributed by atoms with Crippen LogP contribution >= 0.6 is 11.3 Å². The molecule has 0 aliphatic carbocycles. The van der Waals surface area contributed by atoms with E-state index >= 15 is 0 Å². The van der Waals surface area contributed by atoms with E-state index in [0.29, 0.717) is 13.0 Å². The number of rotatable bonds is 5. The van der Waals surface area contributed by atoms with Crippen molar-refractivity contribution in [1.82, 2.24) is 4.98 Å². The van der Waals surface area contributed by atoms with Crippen LogP contribution in [0.1, 0.15) is 15.4 Å². The van der Waals surface area contributed by atoms with Gasteiger partial charge in [0.25, 0.3) is 0 Å². The van der Waals surface area contributed by atoms with Crippen molar-refractivity contribution in [3.63, 3.8) is 0 Å². The number of anilines is 2. The van der Waals surface area contributed by atoms with Crippen LogP contribution in [-0.4, -0.2) is 24.6 Å². The monoisotopic (exact) mass is 295 g/mol. The van der Waals surface area contributed by atoms with Gasteiger partial charge >= 0.3 is 5.97 Å². The molecule has 1 heterocycles. The number of benzene rings is 1. The van der Waals surface area contributed by atoms with Gasteiger partial charge in [0.1, 0.15) is 5.82 Å². The molecule has 106 valence electrons. The van der Waals surface area contributed by atoms with Crippen molar-refractivity contribution in [2.24, 2.45) is 0 Å². The second kappa shape index (κ2) is 6.33. The topological polar surface area (TPSA) is 77.2 Å². The fourth-order valence-electron chi connectivity index (χ4n) is 1.69. The SMILES string of the molecule is COC(=O)c1cc(NCCc2nccs2)c(F)cc1N. The largest absolute Gasteiger partial charge is 0.465 e.